The Morgan fingerprint density at radius 3 is 2.59 bits per heavy atom. The third kappa shape index (κ3) is 2.23. The second-order valence-electron chi connectivity index (χ2n) is 3.99. The second-order valence-corrected chi connectivity index (χ2v) is 3.99. The normalized spacial score (nSPS) is 10.2. The van der Waals surface area contributed by atoms with Crippen molar-refractivity contribution in [3.05, 3.63) is 29.8 Å². The molecule has 0 aliphatic heterocycles. The average molecular weight is 227 g/mol. The van der Waals surface area contributed by atoms with Crippen molar-refractivity contribution in [1.82, 2.24) is 10.2 Å². The van der Waals surface area contributed by atoms with Crippen LogP contribution in [0.5, 0.6) is 5.75 Å². The first-order valence-electron chi connectivity index (χ1n) is 5.44. The van der Waals surface area contributed by atoms with Gasteiger partial charge in [0.25, 0.3) is 0 Å². The Labute approximate surface area is 101 Å². The van der Waals surface area contributed by atoms with Gasteiger partial charge in [-0.3, -0.25) is 0 Å². The molecular formula is C12H14BN3O. The Morgan fingerprint density at radius 1 is 1.24 bits per heavy atom. The molecule has 1 aromatic heterocycles. The number of phenols is 1. The van der Waals surface area contributed by atoms with Crippen molar-refractivity contribution in [2.45, 2.75) is 6.92 Å². The summed E-state index contributed by atoms with van der Waals surface area (Å²) in [5, 5.41) is 21.1. The van der Waals surface area contributed by atoms with Crippen LogP contribution in [-0.4, -0.2) is 30.2 Å². The van der Waals surface area contributed by atoms with E-state index in [0.29, 0.717) is 11.3 Å². The fourth-order valence-corrected chi connectivity index (χ4v) is 1.71. The number of nitrogens with zero attached hydrogens (tertiary/aromatic N) is 2. The predicted molar refractivity (Wildman–Crippen MR) is 71.6 cm³/mol. The number of rotatable bonds is 2. The van der Waals surface area contributed by atoms with Crippen LogP contribution in [0.25, 0.3) is 11.3 Å². The molecule has 1 heterocycles. The molecule has 0 fully saturated rings. The topological polar surface area (TPSA) is 58.0 Å². The number of benzene rings is 1. The molecule has 17 heavy (non-hydrogen) atoms. The van der Waals surface area contributed by atoms with Crippen molar-refractivity contribution in [3.8, 4) is 17.0 Å². The van der Waals surface area contributed by atoms with Gasteiger partial charge in [0.15, 0.2) is 7.85 Å². The molecule has 0 amide bonds. The van der Waals surface area contributed by atoms with Gasteiger partial charge in [0.1, 0.15) is 5.75 Å². The number of anilines is 1. The molecule has 2 N–H and O–H groups in total. The van der Waals surface area contributed by atoms with E-state index in [4.69, 9.17) is 0 Å². The van der Waals surface area contributed by atoms with Crippen molar-refractivity contribution < 1.29 is 5.11 Å². The summed E-state index contributed by atoms with van der Waals surface area (Å²) in [5.41, 5.74) is 4.21. The number of nitrogens with one attached hydrogen (secondary N) is 1. The lowest BCUT2D eigenvalue weighted by Crippen LogP contribution is -2.09. The maximum Gasteiger partial charge on any atom is 0.166 e. The van der Waals surface area contributed by atoms with Crippen LogP contribution in [0.15, 0.2) is 24.3 Å². The van der Waals surface area contributed by atoms with Gasteiger partial charge in [-0.05, 0) is 30.7 Å². The highest BCUT2D eigenvalue weighted by Crippen LogP contribution is 2.32. The predicted octanol–water partition coefficient (Wildman–Crippen LogP) is 0.458. The van der Waals surface area contributed by atoms with Crippen LogP contribution in [0.4, 0.5) is 5.69 Å². The smallest absolute Gasteiger partial charge is 0.166 e. The van der Waals surface area contributed by atoms with Crippen LogP contribution >= 0.6 is 0 Å². The monoisotopic (exact) mass is 227 g/mol. The molecule has 4 nitrogen and oxygen atoms in total. The molecule has 5 heteroatoms. The maximum absolute atomic E-state index is 9.96. The standard InChI is InChI=1S/C12H14BN3O/c1-7-5-8(11(17)6-10(7)14-2)9-3-4-12(13)16-15-9/h3-6,14,17H,13H2,1-2H3. The van der Waals surface area contributed by atoms with Gasteiger partial charge in [0.05, 0.1) is 5.69 Å². The van der Waals surface area contributed by atoms with Crippen molar-refractivity contribution >= 4 is 19.1 Å². The fraction of sp³-hybridized carbons (Fsp3) is 0.167. The van der Waals surface area contributed by atoms with Gasteiger partial charge in [0.2, 0.25) is 0 Å². The minimum atomic E-state index is 0.207. The van der Waals surface area contributed by atoms with E-state index in [0.717, 1.165) is 16.8 Å². The summed E-state index contributed by atoms with van der Waals surface area (Å²) in [6, 6.07) is 7.34. The molecule has 2 rings (SSSR count). The van der Waals surface area contributed by atoms with Crippen molar-refractivity contribution in [2.24, 2.45) is 0 Å². The number of phenolic OH excluding ortho intramolecular Hbond substituents is 1. The minimum absolute atomic E-state index is 0.207. The molecule has 0 aliphatic carbocycles. The van der Waals surface area contributed by atoms with Crippen molar-refractivity contribution in [3.63, 3.8) is 0 Å². The fourth-order valence-electron chi connectivity index (χ4n) is 1.71. The zero-order chi connectivity index (χ0) is 12.4. The van der Waals surface area contributed by atoms with Crippen LogP contribution in [0, 0.1) is 6.92 Å². The van der Waals surface area contributed by atoms with Crippen LogP contribution in [0.2, 0.25) is 0 Å². The molecule has 1 aromatic carbocycles. The largest absolute Gasteiger partial charge is 0.507 e. The van der Waals surface area contributed by atoms with Gasteiger partial charge < -0.3 is 10.4 Å². The molecule has 0 saturated carbocycles. The van der Waals surface area contributed by atoms with Crippen molar-refractivity contribution in [2.75, 3.05) is 12.4 Å². The number of hydrogen-bond donors (Lipinski definition) is 2. The molecule has 0 aliphatic rings. The molecule has 0 atom stereocenters. The lowest BCUT2D eigenvalue weighted by Gasteiger charge is -2.10. The Bertz CT molecular complexity index is 540. The van der Waals surface area contributed by atoms with E-state index in [1.165, 1.54) is 0 Å². The highest BCUT2D eigenvalue weighted by atomic mass is 16.3. The Morgan fingerprint density at radius 2 is 2.00 bits per heavy atom. The zero-order valence-electron chi connectivity index (χ0n) is 10.2. The van der Waals surface area contributed by atoms with Crippen LogP contribution in [0.3, 0.4) is 0 Å². The van der Waals surface area contributed by atoms with Gasteiger partial charge in [-0.2, -0.15) is 10.2 Å². The van der Waals surface area contributed by atoms with E-state index in [1.54, 1.807) is 6.07 Å². The quantitative estimate of drug-likeness (QED) is 0.731. The molecular weight excluding hydrogens is 213 g/mol. The summed E-state index contributed by atoms with van der Waals surface area (Å²) in [6.07, 6.45) is 0. The van der Waals surface area contributed by atoms with E-state index in [2.05, 4.69) is 15.5 Å². The van der Waals surface area contributed by atoms with Crippen LogP contribution in [-0.2, 0) is 0 Å². The molecule has 0 unspecified atom stereocenters. The first kappa shape index (κ1) is 11.5. The lowest BCUT2D eigenvalue weighted by atomic mass is 10.0. The minimum Gasteiger partial charge on any atom is -0.507 e. The molecule has 2 aromatic rings. The van der Waals surface area contributed by atoms with E-state index < -0.39 is 0 Å². The number of aryl methyl sites for hydroxylation is 1. The van der Waals surface area contributed by atoms with Gasteiger partial charge in [-0.15, -0.1) is 0 Å². The summed E-state index contributed by atoms with van der Waals surface area (Å²) in [6.45, 7) is 1.98. The first-order chi connectivity index (χ1) is 8.11. The summed E-state index contributed by atoms with van der Waals surface area (Å²) in [4.78, 5) is 0. The summed E-state index contributed by atoms with van der Waals surface area (Å²) < 4.78 is 0. The summed E-state index contributed by atoms with van der Waals surface area (Å²) in [5.74, 6) is 0.207. The zero-order valence-corrected chi connectivity index (χ0v) is 10.2. The van der Waals surface area contributed by atoms with Crippen LogP contribution in [0.1, 0.15) is 5.56 Å². The molecule has 0 bridgehead atoms. The highest BCUT2D eigenvalue weighted by molar-refractivity contribution is 6.30. The van der Waals surface area contributed by atoms with Crippen LogP contribution < -0.4 is 10.9 Å². The lowest BCUT2D eigenvalue weighted by molar-refractivity contribution is 0.477. The van der Waals surface area contributed by atoms with Crippen molar-refractivity contribution in [1.29, 1.82) is 0 Å². The summed E-state index contributed by atoms with van der Waals surface area (Å²) in [7, 11) is 3.71. The molecule has 0 radical (unpaired) electrons. The first-order valence-corrected chi connectivity index (χ1v) is 5.44. The van der Waals surface area contributed by atoms with Gasteiger partial charge in [-0.25, -0.2) is 0 Å². The Balaban J connectivity index is 2.52. The number of aromatic nitrogens is 2. The summed E-state index contributed by atoms with van der Waals surface area (Å²) >= 11 is 0. The highest BCUT2D eigenvalue weighted by Gasteiger charge is 2.09. The molecule has 0 saturated heterocycles. The second kappa shape index (κ2) is 4.45. The molecule has 86 valence electrons. The Kier molecular flexibility index (Phi) is 3.00. The third-order valence-corrected chi connectivity index (χ3v) is 2.69. The van der Waals surface area contributed by atoms with E-state index in [9.17, 15) is 5.11 Å². The van der Waals surface area contributed by atoms with E-state index in [-0.39, 0.29) is 5.75 Å². The number of hydrogen-bond acceptors (Lipinski definition) is 4. The van der Waals surface area contributed by atoms with Gasteiger partial charge in [0, 0.05) is 30.0 Å². The average Bonchev–Trinajstić information content (AvgIpc) is 2.33. The number of aromatic hydroxyl groups is 1. The van der Waals surface area contributed by atoms with Gasteiger partial charge >= 0.3 is 0 Å². The maximum atomic E-state index is 9.96. The van der Waals surface area contributed by atoms with E-state index in [1.807, 2.05) is 40.0 Å². The third-order valence-electron chi connectivity index (χ3n) is 2.69. The van der Waals surface area contributed by atoms with Gasteiger partial charge in [-0.1, -0.05) is 0 Å². The molecule has 0 spiro atoms. The Hall–Kier alpha value is -2.04. The van der Waals surface area contributed by atoms with E-state index >= 15 is 0 Å². The SMILES string of the molecule is Bc1ccc(-c2cc(C)c(NC)cc2O)nn1.